The molecule has 0 amide bonds. The standard InChI is InChI=1S/C12H18FNO2S.ClH/c1-4-5-9-6-10(14)7-11(13)12(9)17(15,16)8(2)3;/h6-8H,4-5,14H2,1-3H3;1H. The smallest absolute Gasteiger partial charge is 0.183 e. The maximum absolute atomic E-state index is 13.8. The van der Waals surface area contributed by atoms with Gasteiger partial charge in [0.1, 0.15) is 10.7 Å². The minimum absolute atomic E-state index is 0. The van der Waals surface area contributed by atoms with Crippen molar-refractivity contribution < 1.29 is 12.8 Å². The molecule has 0 atom stereocenters. The van der Waals surface area contributed by atoms with Crippen LogP contribution < -0.4 is 5.73 Å². The monoisotopic (exact) mass is 295 g/mol. The third kappa shape index (κ3) is 3.36. The summed E-state index contributed by atoms with van der Waals surface area (Å²) < 4.78 is 38.0. The fourth-order valence-electron chi connectivity index (χ4n) is 1.68. The average Bonchev–Trinajstić information content (AvgIpc) is 2.15. The first-order chi connectivity index (χ1) is 7.80. The van der Waals surface area contributed by atoms with Crippen molar-refractivity contribution in [3.63, 3.8) is 0 Å². The largest absolute Gasteiger partial charge is 0.399 e. The molecule has 0 saturated carbocycles. The molecule has 0 fully saturated rings. The molecule has 0 bridgehead atoms. The predicted octanol–water partition coefficient (Wildman–Crippen LogP) is 2.96. The Bertz CT molecular complexity index is 515. The lowest BCUT2D eigenvalue weighted by Gasteiger charge is -2.14. The van der Waals surface area contributed by atoms with Gasteiger partial charge in [0.15, 0.2) is 9.84 Å². The van der Waals surface area contributed by atoms with E-state index in [2.05, 4.69) is 0 Å². The number of hydrogen-bond donors (Lipinski definition) is 1. The highest BCUT2D eigenvalue weighted by Crippen LogP contribution is 2.27. The van der Waals surface area contributed by atoms with Gasteiger partial charge in [-0.15, -0.1) is 12.4 Å². The molecule has 1 aromatic rings. The average molecular weight is 296 g/mol. The van der Waals surface area contributed by atoms with Gasteiger partial charge in [0.2, 0.25) is 0 Å². The van der Waals surface area contributed by atoms with Crippen molar-refractivity contribution in [3.05, 3.63) is 23.5 Å². The highest BCUT2D eigenvalue weighted by molar-refractivity contribution is 7.92. The van der Waals surface area contributed by atoms with E-state index in [4.69, 9.17) is 5.73 Å². The number of rotatable bonds is 4. The van der Waals surface area contributed by atoms with E-state index in [1.54, 1.807) is 19.9 Å². The van der Waals surface area contributed by atoms with Crippen LogP contribution in [0.2, 0.25) is 0 Å². The second-order valence-corrected chi connectivity index (χ2v) is 6.78. The Balaban J connectivity index is 0.00000289. The number of sulfone groups is 1. The molecule has 0 aliphatic carbocycles. The second-order valence-electron chi connectivity index (χ2n) is 4.33. The maximum atomic E-state index is 13.8. The number of anilines is 1. The van der Waals surface area contributed by atoms with Crippen molar-refractivity contribution in [2.24, 2.45) is 0 Å². The topological polar surface area (TPSA) is 60.2 Å². The van der Waals surface area contributed by atoms with E-state index in [0.717, 1.165) is 12.5 Å². The summed E-state index contributed by atoms with van der Waals surface area (Å²) in [5, 5.41) is -0.642. The van der Waals surface area contributed by atoms with Gasteiger partial charge in [0, 0.05) is 5.69 Å². The lowest BCUT2D eigenvalue weighted by atomic mass is 10.1. The molecule has 2 N–H and O–H groups in total. The molecular weight excluding hydrogens is 277 g/mol. The van der Waals surface area contributed by atoms with Gasteiger partial charge in [-0.2, -0.15) is 0 Å². The molecule has 6 heteroatoms. The van der Waals surface area contributed by atoms with E-state index >= 15 is 0 Å². The normalized spacial score (nSPS) is 11.4. The summed E-state index contributed by atoms with van der Waals surface area (Å²) in [6, 6.07) is 2.61. The summed E-state index contributed by atoms with van der Waals surface area (Å²) in [4.78, 5) is -0.191. The number of halogens is 2. The number of nitrogens with two attached hydrogens (primary N) is 1. The summed E-state index contributed by atoms with van der Waals surface area (Å²) >= 11 is 0. The lowest BCUT2D eigenvalue weighted by molar-refractivity contribution is 0.557. The highest BCUT2D eigenvalue weighted by Gasteiger charge is 2.26. The summed E-state index contributed by atoms with van der Waals surface area (Å²) in [6.07, 6.45) is 1.24. The van der Waals surface area contributed by atoms with Crippen molar-refractivity contribution >= 4 is 27.9 Å². The Kier molecular flexibility index (Phi) is 6.10. The van der Waals surface area contributed by atoms with Crippen molar-refractivity contribution in [2.45, 2.75) is 43.8 Å². The molecule has 0 unspecified atom stereocenters. The molecule has 0 saturated heterocycles. The van der Waals surface area contributed by atoms with Crippen LogP contribution in [0.5, 0.6) is 0 Å². The summed E-state index contributed by atoms with van der Waals surface area (Å²) in [6.45, 7) is 4.99. The lowest BCUT2D eigenvalue weighted by Crippen LogP contribution is -2.18. The van der Waals surface area contributed by atoms with Gasteiger partial charge < -0.3 is 5.73 Å². The predicted molar refractivity (Wildman–Crippen MR) is 74.4 cm³/mol. The fraction of sp³-hybridized carbons (Fsp3) is 0.500. The summed E-state index contributed by atoms with van der Waals surface area (Å²) in [5.41, 5.74) is 6.27. The number of hydrogen-bond acceptors (Lipinski definition) is 3. The van der Waals surface area contributed by atoms with Crippen LogP contribution in [0.25, 0.3) is 0 Å². The molecule has 0 spiro atoms. The van der Waals surface area contributed by atoms with Crippen LogP contribution >= 0.6 is 12.4 Å². The first-order valence-corrected chi connectivity index (χ1v) is 7.17. The molecule has 104 valence electrons. The maximum Gasteiger partial charge on any atom is 0.183 e. The van der Waals surface area contributed by atoms with Crippen LogP contribution in [-0.2, 0) is 16.3 Å². The summed E-state index contributed by atoms with van der Waals surface area (Å²) in [7, 11) is -3.61. The number of nitrogen functional groups attached to an aromatic ring is 1. The van der Waals surface area contributed by atoms with Crippen LogP contribution in [0.3, 0.4) is 0 Å². The van der Waals surface area contributed by atoms with Gasteiger partial charge >= 0.3 is 0 Å². The molecule has 0 heterocycles. The van der Waals surface area contributed by atoms with Crippen LogP contribution in [0.4, 0.5) is 10.1 Å². The van der Waals surface area contributed by atoms with Gasteiger partial charge in [-0.25, -0.2) is 12.8 Å². The third-order valence-corrected chi connectivity index (χ3v) is 4.83. The molecule has 1 aromatic carbocycles. The van der Waals surface area contributed by atoms with Crippen molar-refractivity contribution in [2.75, 3.05) is 5.73 Å². The first-order valence-electron chi connectivity index (χ1n) is 5.62. The molecule has 18 heavy (non-hydrogen) atoms. The molecule has 1 rings (SSSR count). The molecule has 3 nitrogen and oxygen atoms in total. The van der Waals surface area contributed by atoms with Crippen LogP contribution in [0, 0.1) is 5.82 Å². The Morgan fingerprint density at radius 3 is 2.33 bits per heavy atom. The van der Waals surface area contributed by atoms with Crippen LogP contribution in [0.15, 0.2) is 17.0 Å². The Morgan fingerprint density at radius 1 is 1.33 bits per heavy atom. The van der Waals surface area contributed by atoms with E-state index in [9.17, 15) is 12.8 Å². The fourth-order valence-corrected chi connectivity index (χ4v) is 3.01. The zero-order valence-corrected chi connectivity index (χ0v) is 12.4. The second kappa shape index (κ2) is 6.38. The molecule has 0 aromatic heterocycles. The SMILES string of the molecule is CCCc1cc(N)cc(F)c1S(=O)(=O)C(C)C.Cl. The van der Waals surface area contributed by atoms with E-state index in [-0.39, 0.29) is 23.0 Å². The zero-order chi connectivity index (χ0) is 13.2. The first kappa shape index (κ1) is 17.2. The highest BCUT2D eigenvalue weighted by atomic mass is 35.5. The quantitative estimate of drug-likeness (QED) is 0.869. The van der Waals surface area contributed by atoms with Crippen molar-refractivity contribution in [1.29, 1.82) is 0 Å². The van der Waals surface area contributed by atoms with Gasteiger partial charge in [-0.05, 0) is 38.0 Å². The molecule has 0 radical (unpaired) electrons. The van der Waals surface area contributed by atoms with Gasteiger partial charge in [0.25, 0.3) is 0 Å². The summed E-state index contributed by atoms with van der Waals surface area (Å²) in [5.74, 6) is -0.748. The third-order valence-electron chi connectivity index (χ3n) is 2.57. The number of aryl methyl sites for hydroxylation is 1. The molecule has 0 aliphatic heterocycles. The minimum atomic E-state index is -3.61. The Morgan fingerprint density at radius 2 is 1.89 bits per heavy atom. The van der Waals surface area contributed by atoms with Gasteiger partial charge in [-0.3, -0.25) is 0 Å². The Labute approximate surface area is 114 Å². The Hall–Kier alpha value is -0.810. The van der Waals surface area contributed by atoms with E-state index in [1.807, 2.05) is 6.92 Å². The van der Waals surface area contributed by atoms with Gasteiger partial charge in [0.05, 0.1) is 5.25 Å². The van der Waals surface area contributed by atoms with Crippen molar-refractivity contribution in [3.8, 4) is 0 Å². The van der Waals surface area contributed by atoms with Crippen molar-refractivity contribution in [1.82, 2.24) is 0 Å². The van der Waals surface area contributed by atoms with Crippen LogP contribution in [0.1, 0.15) is 32.8 Å². The zero-order valence-electron chi connectivity index (χ0n) is 10.7. The van der Waals surface area contributed by atoms with E-state index in [1.165, 1.54) is 0 Å². The number of benzene rings is 1. The molecular formula is C12H19ClFNO2S. The van der Waals surface area contributed by atoms with Crippen LogP contribution in [-0.4, -0.2) is 13.7 Å². The minimum Gasteiger partial charge on any atom is -0.399 e. The van der Waals surface area contributed by atoms with E-state index < -0.39 is 20.9 Å². The van der Waals surface area contributed by atoms with Gasteiger partial charge in [-0.1, -0.05) is 13.3 Å². The molecule has 0 aliphatic rings. The van der Waals surface area contributed by atoms with E-state index in [0.29, 0.717) is 12.0 Å².